The van der Waals surface area contributed by atoms with Crippen LogP contribution in [0.15, 0.2) is 23.1 Å². The molecule has 0 spiro atoms. The van der Waals surface area contributed by atoms with Gasteiger partial charge < -0.3 is 41.3 Å². The summed E-state index contributed by atoms with van der Waals surface area (Å²) < 4.78 is 0. The van der Waals surface area contributed by atoms with Gasteiger partial charge in [-0.1, -0.05) is 0 Å². The van der Waals surface area contributed by atoms with Crippen molar-refractivity contribution in [1.29, 1.82) is 0 Å². The zero-order valence-electron chi connectivity index (χ0n) is 14.5. The Morgan fingerprint density at radius 3 is 2.20 bits per heavy atom. The monoisotopic (exact) mass is 409 g/mol. The van der Waals surface area contributed by atoms with Gasteiger partial charge >= 0.3 is 17.1 Å². The SMILES string of the molecule is CC1NC=C(CO)C(CO)=C1O.CC1NCC(CO)C(CO)C1O.[Cu+2]. The molecule has 2 rings (SSSR count). The quantitative estimate of drug-likeness (QED) is 0.254. The van der Waals surface area contributed by atoms with E-state index in [0.29, 0.717) is 17.7 Å². The van der Waals surface area contributed by atoms with Crippen LogP contribution in [0.3, 0.4) is 0 Å². The van der Waals surface area contributed by atoms with Gasteiger partial charge in [-0.15, -0.1) is 0 Å². The van der Waals surface area contributed by atoms with Crippen LogP contribution in [0, 0.1) is 11.8 Å². The van der Waals surface area contributed by atoms with Crippen molar-refractivity contribution in [1.82, 2.24) is 10.6 Å². The van der Waals surface area contributed by atoms with Crippen molar-refractivity contribution in [2.75, 3.05) is 33.0 Å². The second-order valence-corrected chi connectivity index (χ2v) is 6.21. The van der Waals surface area contributed by atoms with Crippen LogP contribution in [0.5, 0.6) is 0 Å². The molecule has 25 heavy (non-hydrogen) atoms. The predicted molar refractivity (Wildman–Crippen MR) is 89.1 cm³/mol. The summed E-state index contributed by atoms with van der Waals surface area (Å²) in [5.74, 6) is -0.114. The van der Waals surface area contributed by atoms with Crippen LogP contribution >= 0.6 is 0 Å². The summed E-state index contributed by atoms with van der Waals surface area (Å²) in [7, 11) is 0. The third-order valence-electron chi connectivity index (χ3n) is 4.65. The van der Waals surface area contributed by atoms with E-state index in [4.69, 9.17) is 20.4 Å². The van der Waals surface area contributed by atoms with Crippen molar-refractivity contribution >= 4 is 0 Å². The van der Waals surface area contributed by atoms with E-state index in [0.717, 1.165) is 0 Å². The Kier molecular flexibility index (Phi) is 11.6. The first-order chi connectivity index (χ1) is 11.4. The Hall–Kier alpha value is -0.641. The molecular weight excluding hydrogens is 380 g/mol. The van der Waals surface area contributed by atoms with Gasteiger partial charge in [-0.25, -0.2) is 0 Å². The van der Waals surface area contributed by atoms with Crippen molar-refractivity contribution < 1.29 is 47.7 Å². The van der Waals surface area contributed by atoms with Gasteiger partial charge in [-0.2, -0.15) is 0 Å². The number of hydrogen-bond donors (Lipinski definition) is 8. The van der Waals surface area contributed by atoms with Crippen molar-refractivity contribution in [3.63, 3.8) is 0 Å². The van der Waals surface area contributed by atoms with Gasteiger partial charge in [-0.3, -0.25) is 0 Å². The van der Waals surface area contributed by atoms with E-state index < -0.39 is 6.10 Å². The fourth-order valence-electron chi connectivity index (χ4n) is 2.86. The van der Waals surface area contributed by atoms with Gasteiger partial charge in [0, 0.05) is 55.0 Å². The molecule has 0 aromatic carbocycles. The van der Waals surface area contributed by atoms with Gasteiger partial charge in [0.1, 0.15) is 5.76 Å². The Balaban J connectivity index is 0.000000443. The first-order valence-electron chi connectivity index (χ1n) is 8.13. The fraction of sp³-hybridized carbons (Fsp3) is 0.750. The molecule has 9 heteroatoms. The average molecular weight is 410 g/mol. The number of aliphatic hydroxyl groups excluding tert-OH is 6. The minimum atomic E-state index is -0.555. The van der Waals surface area contributed by atoms with Crippen LogP contribution in [0.1, 0.15) is 13.8 Å². The fourth-order valence-corrected chi connectivity index (χ4v) is 2.86. The van der Waals surface area contributed by atoms with E-state index in [1.54, 1.807) is 13.1 Å². The molecule has 5 unspecified atom stereocenters. The van der Waals surface area contributed by atoms with Crippen LogP contribution in [-0.4, -0.2) is 81.8 Å². The summed E-state index contributed by atoms with van der Waals surface area (Å²) in [6.45, 7) is 3.85. The maximum atomic E-state index is 9.61. The van der Waals surface area contributed by atoms with E-state index in [-0.39, 0.29) is 73.2 Å². The summed E-state index contributed by atoms with van der Waals surface area (Å²) in [6, 6.07) is -0.188. The van der Waals surface area contributed by atoms with Crippen molar-refractivity contribution in [2.45, 2.75) is 32.0 Å². The van der Waals surface area contributed by atoms with Gasteiger partial charge in [-0.05, 0) is 13.8 Å². The summed E-state index contributed by atoms with van der Waals surface area (Å²) in [5, 5.41) is 60.6. The summed E-state index contributed by atoms with van der Waals surface area (Å²) in [4.78, 5) is 0. The summed E-state index contributed by atoms with van der Waals surface area (Å²) >= 11 is 0. The Labute approximate surface area is 158 Å². The maximum absolute atomic E-state index is 9.61. The standard InChI is InChI=1S/C8H17NO3.C8H13NO3.Cu/c2*1-5-8(12)7(4-11)6(3-10)2-9-5;/h5-12H,2-4H2,1H3;2,5,9-12H,3-4H2,1H3;/q;;+2. The summed E-state index contributed by atoms with van der Waals surface area (Å²) in [6.07, 6.45) is 1.05. The van der Waals surface area contributed by atoms with Crippen molar-refractivity contribution in [3.8, 4) is 0 Å². The smallest absolute Gasteiger partial charge is 0.510 e. The molecule has 8 N–H and O–H groups in total. The van der Waals surface area contributed by atoms with Crippen molar-refractivity contribution in [2.24, 2.45) is 11.8 Å². The topological polar surface area (TPSA) is 145 Å². The maximum Gasteiger partial charge on any atom is 2.00 e. The van der Waals surface area contributed by atoms with Gasteiger partial charge in [0.25, 0.3) is 0 Å². The molecule has 8 nitrogen and oxygen atoms in total. The molecule has 2 aliphatic heterocycles. The third kappa shape index (κ3) is 6.23. The molecule has 5 atom stereocenters. The first-order valence-corrected chi connectivity index (χ1v) is 8.13. The molecule has 0 bridgehead atoms. The molecule has 0 saturated carbocycles. The third-order valence-corrected chi connectivity index (χ3v) is 4.65. The minimum Gasteiger partial charge on any atom is -0.510 e. The molecule has 2 aliphatic rings. The molecule has 0 aromatic heterocycles. The molecule has 1 fully saturated rings. The predicted octanol–water partition coefficient (Wildman–Crippen LogP) is -1.79. The molecule has 1 radical (unpaired) electrons. The zero-order valence-corrected chi connectivity index (χ0v) is 15.4. The number of dihydropyridines is 1. The minimum absolute atomic E-state index is 0. The van der Waals surface area contributed by atoms with Crippen LogP contribution in [0.2, 0.25) is 0 Å². The molecule has 1 saturated heterocycles. The second kappa shape index (κ2) is 11.9. The Morgan fingerprint density at radius 2 is 1.72 bits per heavy atom. The van der Waals surface area contributed by atoms with E-state index in [1.807, 2.05) is 6.92 Å². The van der Waals surface area contributed by atoms with E-state index in [2.05, 4.69) is 10.6 Å². The molecule has 0 aliphatic carbocycles. The van der Waals surface area contributed by atoms with Crippen LogP contribution in [0.25, 0.3) is 0 Å². The number of nitrogens with one attached hydrogen (secondary N) is 2. The number of rotatable bonds is 4. The van der Waals surface area contributed by atoms with Gasteiger partial charge in [0.2, 0.25) is 0 Å². The Morgan fingerprint density at radius 1 is 1.08 bits per heavy atom. The summed E-state index contributed by atoms with van der Waals surface area (Å²) in [5.41, 5.74) is 0.955. The molecular formula is C16H30CuN2O6+2. The number of hydrogen-bond acceptors (Lipinski definition) is 8. The van der Waals surface area contributed by atoms with Gasteiger partial charge in [0.05, 0.1) is 25.4 Å². The Bertz CT molecular complexity index is 458. The first kappa shape index (κ1) is 24.4. The second-order valence-electron chi connectivity index (χ2n) is 6.21. The van der Waals surface area contributed by atoms with Crippen LogP contribution in [0.4, 0.5) is 0 Å². The van der Waals surface area contributed by atoms with Crippen molar-refractivity contribution in [3.05, 3.63) is 23.1 Å². The zero-order chi connectivity index (χ0) is 18.3. The number of aliphatic hydroxyl groups is 6. The molecule has 0 amide bonds. The molecule has 2 heterocycles. The van der Waals surface area contributed by atoms with E-state index >= 15 is 0 Å². The van der Waals surface area contributed by atoms with E-state index in [9.17, 15) is 10.2 Å². The van der Waals surface area contributed by atoms with Gasteiger partial charge in [0.15, 0.2) is 0 Å². The normalized spacial score (nSPS) is 32.0. The average Bonchev–Trinajstić information content (AvgIpc) is 2.59. The molecule has 149 valence electrons. The largest absolute Gasteiger partial charge is 2.00 e. The van der Waals surface area contributed by atoms with Crippen LogP contribution < -0.4 is 10.6 Å². The molecule has 0 aromatic rings. The van der Waals surface area contributed by atoms with E-state index in [1.165, 1.54) is 0 Å². The van der Waals surface area contributed by atoms with Crippen LogP contribution in [-0.2, 0) is 17.1 Å². The number of piperidine rings is 1.